The number of halogens is 2. The van der Waals surface area contributed by atoms with E-state index in [9.17, 15) is 4.39 Å². The summed E-state index contributed by atoms with van der Waals surface area (Å²) in [7, 11) is 0. The molecule has 0 aromatic heterocycles. The molecule has 2 N–H and O–H groups in total. The third-order valence-electron chi connectivity index (χ3n) is 3.20. The Bertz CT molecular complexity index is 572. The largest absolute Gasteiger partial charge is 0.324 e. The lowest BCUT2D eigenvalue weighted by atomic mass is 9.94. The predicted octanol–water partition coefficient (Wildman–Crippen LogP) is 4.34. The lowest BCUT2D eigenvalue weighted by Gasteiger charge is -2.16. The van der Waals surface area contributed by atoms with Crippen molar-refractivity contribution in [3.8, 4) is 0 Å². The van der Waals surface area contributed by atoms with Crippen LogP contribution in [-0.4, -0.2) is 0 Å². The van der Waals surface area contributed by atoms with Crippen molar-refractivity contribution in [3.63, 3.8) is 0 Å². The summed E-state index contributed by atoms with van der Waals surface area (Å²) in [4.78, 5) is 0. The van der Waals surface area contributed by atoms with Crippen LogP contribution in [0.4, 0.5) is 4.39 Å². The van der Waals surface area contributed by atoms with Crippen molar-refractivity contribution < 1.29 is 4.39 Å². The van der Waals surface area contributed by atoms with Crippen LogP contribution in [0.15, 0.2) is 36.4 Å². The van der Waals surface area contributed by atoms with Crippen LogP contribution in [0, 0.1) is 19.7 Å². The second-order valence-corrected chi connectivity index (χ2v) is 5.35. The van der Waals surface area contributed by atoms with Gasteiger partial charge in [-0.05, 0) is 55.2 Å². The van der Waals surface area contributed by atoms with Gasteiger partial charge in [0.1, 0.15) is 5.82 Å². The Balaban J connectivity index is 2.28. The molecule has 0 radical (unpaired) electrons. The van der Waals surface area contributed by atoms with Crippen LogP contribution in [0.25, 0.3) is 0 Å². The number of hydrogen-bond acceptors (Lipinski definition) is 1. The first kappa shape index (κ1) is 14.0. The quantitative estimate of drug-likeness (QED) is 0.887. The van der Waals surface area contributed by atoms with E-state index in [4.69, 9.17) is 17.3 Å². The van der Waals surface area contributed by atoms with Gasteiger partial charge in [-0.25, -0.2) is 4.39 Å². The van der Waals surface area contributed by atoms with Gasteiger partial charge in [-0.15, -0.1) is 0 Å². The predicted molar refractivity (Wildman–Crippen MR) is 78.0 cm³/mol. The summed E-state index contributed by atoms with van der Waals surface area (Å²) in [6, 6.07) is 10.6. The highest BCUT2D eigenvalue weighted by atomic mass is 35.5. The fourth-order valence-corrected chi connectivity index (χ4v) is 2.63. The second-order valence-electron chi connectivity index (χ2n) is 4.92. The molecule has 0 bridgehead atoms. The van der Waals surface area contributed by atoms with Gasteiger partial charge in [0.25, 0.3) is 0 Å². The lowest BCUT2D eigenvalue weighted by Crippen LogP contribution is -2.16. The smallest absolute Gasteiger partial charge is 0.128 e. The van der Waals surface area contributed by atoms with Gasteiger partial charge in [-0.3, -0.25) is 0 Å². The molecular formula is C16H17ClFN. The van der Waals surface area contributed by atoms with Crippen molar-refractivity contribution in [1.82, 2.24) is 0 Å². The minimum Gasteiger partial charge on any atom is -0.324 e. The minimum absolute atomic E-state index is 0.230. The van der Waals surface area contributed by atoms with Gasteiger partial charge in [-0.2, -0.15) is 0 Å². The van der Waals surface area contributed by atoms with Crippen molar-refractivity contribution in [2.24, 2.45) is 5.73 Å². The Morgan fingerprint density at radius 3 is 2.58 bits per heavy atom. The molecule has 2 aromatic rings. The first-order valence-corrected chi connectivity index (χ1v) is 6.62. The van der Waals surface area contributed by atoms with Gasteiger partial charge < -0.3 is 5.73 Å². The number of nitrogens with two attached hydrogens (primary N) is 1. The molecule has 0 spiro atoms. The molecular weight excluding hydrogens is 261 g/mol. The van der Waals surface area contributed by atoms with Crippen LogP contribution in [0.3, 0.4) is 0 Å². The molecule has 1 unspecified atom stereocenters. The average molecular weight is 278 g/mol. The summed E-state index contributed by atoms with van der Waals surface area (Å²) >= 11 is 5.94. The van der Waals surface area contributed by atoms with E-state index in [0.717, 1.165) is 16.7 Å². The minimum atomic E-state index is -0.362. The maximum absolute atomic E-state index is 14.0. The van der Waals surface area contributed by atoms with Gasteiger partial charge >= 0.3 is 0 Å². The van der Waals surface area contributed by atoms with Gasteiger partial charge in [-0.1, -0.05) is 29.8 Å². The topological polar surface area (TPSA) is 26.0 Å². The van der Waals surface area contributed by atoms with E-state index in [0.29, 0.717) is 17.0 Å². The van der Waals surface area contributed by atoms with Crippen molar-refractivity contribution in [3.05, 3.63) is 69.5 Å². The van der Waals surface area contributed by atoms with Gasteiger partial charge in [0.05, 0.1) is 0 Å². The molecule has 0 aliphatic carbocycles. The standard InChI is InChI=1S/C16H17ClFN/c1-10-6-11(2)16(14(18)7-10)15(19)9-12-4-3-5-13(17)8-12/h3-8,15H,9,19H2,1-2H3. The van der Waals surface area contributed by atoms with E-state index < -0.39 is 0 Å². The normalized spacial score (nSPS) is 12.5. The van der Waals surface area contributed by atoms with Gasteiger partial charge in [0, 0.05) is 16.6 Å². The summed E-state index contributed by atoms with van der Waals surface area (Å²) < 4.78 is 14.0. The third-order valence-corrected chi connectivity index (χ3v) is 3.43. The second kappa shape index (κ2) is 5.72. The molecule has 0 saturated heterocycles. The molecule has 0 saturated carbocycles. The summed E-state index contributed by atoms with van der Waals surface area (Å²) in [6.45, 7) is 3.77. The Labute approximate surface area is 118 Å². The summed E-state index contributed by atoms with van der Waals surface area (Å²) in [5.41, 5.74) is 9.55. The van der Waals surface area contributed by atoms with E-state index in [1.165, 1.54) is 6.07 Å². The molecule has 0 aliphatic heterocycles. The van der Waals surface area contributed by atoms with Crippen LogP contribution in [0.5, 0.6) is 0 Å². The van der Waals surface area contributed by atoms with Crippen LogP contribution in [-0.2, 0) is 6.42 Å². The molecule has 2 aromatic carbocycles. The monoisotopic (exact) mass is 277 g/mol. The van der Waals surface area contributed by atoms with E-state index in [2.05, 4.69) is 0 Å². The molecule has 0 aliphatic rings. The number of rotatable bonds is 3. The number of hydrogen-bond donors (Lipinski definition) is 1. The zero-order chi connectivity index (χ0) is 14.0. The molecule has 0 amide bonds. The molecule has 1 nitrogen and oxygen atoms in total. The summed E-state index contributed by atoms with van der Waals surface area (Å²) in [5, 5.41) is 0.672. The molecule has 0 fully saturated rings. The van der Waals surface area contributed by atoms with Crippen LogP contribution in [0.2, 0.25) is 5.02 Å². The van der Waals surface area contributed by atoms with E-state index in [-0.39, 0.29) is 11.9 Å². The Morgan fingerprint density at radius 1 is 1.21 bits per heavy atom. The van der Waals surface area contributed by atoms with E-state index in [1.807, 2.05) is 44.2 Å². The molecule has 1 atom stereocenters. The van der Waals surface area contributed by atoms with Crippen molar-refractivity contribution >= 4 is 11.6 Å². The average Bonchev–Trinajstić information content (AvgIpc) is 2.27. The Morgan fingerprint density at radius 2 is 1.95 bits per heavy atom. The molecule has 19 heavy (non-hydrogen) atoms. The zero-order valence-corrected chi connectivity index (χ0v) is 11.8. The molecule has 2 rings (SSSR count). The van der Waals surface area contributed by atoms with Crippen LogP contribution < -0.4 is 5.73 Å². The number of benzene rings is 2. The highest BCUT2D eigenvalue weighted by Crippen LogP contribution is 2.25. The van der Waals surface area contributed by atoms with Crippen molar-refractivity contribution in [1.29, 1.82) is 0 Å². The Hall–Kier alpha value is -1.38. The highest BCUT2D eigenvalue weighted by molar-refractivity contribution is 6.30. The molecule has 100 valence electrons. The SMILES string of the molecule is Cc1cc(C)c(C(N)Cc2cccc(Cl)c2)c(F)c1. The molecule has 3 heteroatoms. The highest BCUT2D eigenvalue weighted by Gasteiger charge is 2.15. The first-order valence-electron chi connectivity index (χ1n) is 6.24. The Kier molecular flexibility index (Phi) is 4.23. The van der Waals surface area contributed by atoms with Crippen LogP contribution in [0.1, 0.15) is 28.3 Å². The molecule has 0 heterocycles. The maximum Gasteiger partial charge on any atom is 0.128 e. The van der Waals surface area contributed by atoms with Crippen molar-refractivity contribution in [2.45, 2.75) is 26.3 Å². The van der Waals surface area contributed by atoms with E-state index in [1.54, 1.807) is 0 Å². The number of aryl methyl sites for hydroxylation is 2. The lowest BCUT2D eigenvalue weighted by molar-refractivity contribution is 0.576. The zero-order valence-electron chi connectivity index (χ0n) is 11.1. The van der Waals surface area contributed by atoms with E-state index >= 15 is 0 Å². The summed E-state index contributed by atoms with van der Waals surface area (Å²) in [5.74, 6) is -0.230. The maximum atomic E-state index is 14.0. The third kappa shape index (κ3) is 3.34. The van der Waals surface area contributed by atoms with Gasteiger partial charge in [0.2, 0.25) is 0 Å². The first-order chi connectivity index (χ1) is 8.97. The van der Waals surface area contributed by atoms with Crippen molar-refractivity contribution in [2.75, 3.05) is 0 Å². The fourth-order valence-electron chi connectivity index (χ4n) is 2.42. The summed E-state index contributed by atoms with van der Waals surface area (Å²) in [6.07, 6.45) is 0.571. The fraction of sp³-hybridized carbons (Fsp3) is 0.250. The van der Waals surface area contributed by atoms with Gasteiger partial charge in [0.15, 0.2) is 0 Å². The van der Waals surface area contributed by atoms with Crippen LogP contribution >= 0.6 is 11.6 Å².